The Morgan fingerprint density at radius 2 is 1.74 bits per heavy atom. The maximum Gasteiger partial charge on any atom is 0.355 e. The highest BCUT2D eigenvalue weighted by Gasteiger charge is 2.24. The van der Waals surface area contributed by atoms with E-state index < -0.39 is 30.4 Å². The molecule has 2 aromatic rings. The molecule has 0 aliphatic heterocycles. The standard InChI is InChI=1S/C22H25ClN2O6/c1-5-30-22(29)21-12(2)20(13(3)24-21)18(27)11-31-19(28)10-17(25-14(4)26)15-6-8-16(23)9-7-15/h6-9,17,24H,5,10-11H2,1-4H3,(H,25,26). The van der Waals surface area contributed by atoms with Crippen LogP contribution in [0.4, 0.5) is 0 Å². The van der Waals surface area contributed by atoms with Gasteiger partial charge in [0, 0.05) is 23.2 Å². The minimum atomic E-state index is -0.654. The largest absolute Gasteiger partial charge is 0.461 e. The third-order valence-corrected chi connectivity index (χ3v) is 4.83. The summed E-state index contributed by atoms with van der Waals surface area (Å²) in [4.78, 5) is 51.3. The molecule has 0 saturated heterocycles. The molecule has 1 unspecified atom stereocenters. The molecule has 8 nitrogen and oxygen atoms in total. The molecule has 166 valence electrons. The van der Waals surface area contributed by atoms with Gasteiger partial charge in [0.05, 0.1) is 19.1 Å². The summed E-state index contributed by atoms with van der Waals surface area (Å²) in [5.41, 5.74) is 2.09. The van der Waals surface area contributed by atoms with Crippen LogP contribution in [0.2, 0.25) is 5.02 Å². The summed E-state index contributed by atoms with van der Waals surface area (Å²) in [7, 11) is 0. The monoisotopic (exact) mass is 448 g/mol. The number of hydrogen-bond donors (Lipinski definition) is 2. The number of rotatable bonds is 9. The summed E-state index contributed by atoms with van der Waals surface area (Å²) in [6.07, 6.45) is -0.159. The van der Waals surface area contributed by atoms with Crippen LogP contribution in [0.1, 0.15) is 64.0 Å². The normalized spacial score (nSPS) is 11.5. The molecule has 0 fully saturated rings. The molecule has 0 saturated carbocycles. The van der Waals surface area contributed by atoms with Gasteiger partial charge in [0.15, 0.2) is 6.61 Å². The number of esters is 2. The second kappa shape index (κ2) is 10.8. The predicted octanol–water partition coefficient (Wildman–Crippen LogP) is 3.46. The van der Waals surface area contributed by atoms with Crippen molar-refractivity contribution in [3.8, 4) is 0 Å². The number of aromatic amines is 1. The Balaban J connectivity index is 2.05. The van der Waals surface area contributed by atoms with E-state index in [-0.39, 0.29) is 30.2 Å². The Morgan fingerprint density at radius 1 is 1.10 bits per heavy atom. The number of nitrogens with one attached hydrogen (secondary N) is 2. The number of Topliss-reactive ketones (excluding diaryl/α,β-unsaturated/α-hetero) is 1. The molecular formula is C22H25ClN2O6. The zero-order valence-corrected chi connectivity index (χ0v) is 18.6. The average Bonchev–Trinajstić information content (AvgIpc) is 3.00. The Bertz CT molecular complexity index is 981. The first kappa shape index (κ1) is 24.1. The number of amides is 1. The Labute approximate surface area is 185 Å². The number of aromatic nitrogens is 1. The Morgan fingerprint density at radius 3 is 2.32 bits per heavy atom. The minimum Gasteiger partial charge on any atom is -0.461 e. The molecule has 9 heteroatoms. The SMILES string of the molecule is CCOC(=O)c1[nH]c(C)c(C(=O)COC(=O)CC(NC(C)=O)c2ccc(Cl)cc2)c1C. The van der Waals surface area contributed by atoms with E-state index in [1.807, 2.05) is 0 Å². The quantitative estimate of drug-likeness (QED) is 0.448. The number of halogens is 1. The van der Waals surface area contributed by atoms with Crippen LogP contribution >= 0.6 is 11.6 Å². The van der Waals surface area contributed by atoms with Crippen LogP contribution < -0.4 is 5.32 Å². The predicted molar refractivity (Wildman–Crippen MR) is 114 cm³/mol. The van der Waals surface area contributed by atoms with Gasteiger partial charge in [0.1, 0.15) is 5.69 Å². The summed E-state index contributed by atoms with van der Waals surface area (Å²) in [6, 6.07) is 6.08. The molecule has 1 atom stereocenters. The van der Waals surface area contributed by atoms with E-state index in [4.69, 9.17) is 21.1 Å². The van der Waals surface area contributed by atoms with Crippen molar-refractivity contribution in [2.75, 3.05) is 13.2 Å². The maximum absolute atomic E-state index is 12.6. The second-order valence-corrected chi connectivity index (χ2v) is 7.37. The molecule has 0 aliphatic carbocycles. The molecule has 0 spiro atoms. The van der Waals surface area contributed by atoms with E-state index in [0.717, 1.165) is 0 Å². The van der Waals surface area contributed by atoms with Gasteiger partial charge in [0.2, 0.25) is 11.7 Å². The van der Waals surface area contributed by atoms with Crippen molar-refractivity contribution in [3.05, 3.63) is 57.4 Å². The van der Waals surface area contributed by atoms with Gasteiger partial charge in [-0.3, -0.25) is 14.4 Å². The van der Waals surface area contributed by atoms with E-state index in [2.05, 4.69) is 10.3 Å². The lowest BCUT2D eigenvalue weighted by atomic mass is 10.0. The van der Waals surface area contributed by atoms with Crippen LogP contribution in [-0.2, 0) is 19.1 Å². The third kappa shape index (κ3) is 6.42. The van der Waals surface area contributed by atoms with Crippen LogP contribution in [0.15, 0.2) is 24.3 Å². The fraction of sp³-hybridized carbons (Fsp3) is 0.364. The van der Waals surface area contributed by atoms with Gasteiger partial charge in [-0.05, 0) is 44.0 Å². The molecule has 1 aromatic carbocycles. The van der Waals surface area contributed by atoms with Gasteiger partial charge in [0.25, 0.3) is 0 Å². The number of carbonyl (C=O) groups excluding carboxylic acids is 4. The summed E-state index contributed by atoms with van der Waals surface area (Å²) in [6.45, 7) is 6.02. The van der Waals surface area contributed by atoms with Gasteiger partial charge in [-0.15, -0.1) is 0 Å². The van der Waals surface area contributed by atoms with E-state index in [1.165, 1.54) is 6.92 Å². The number of H-pyrrole nitrogens is 1. The van der Waals surface area contributed by atoms with E-state index >= 15 is 0 Å². The van der Waals surface area contributed by atoms with Gasteiger partial charge in [-0.2, -0.15) is 0 Å². The lowest BCUT2D eigenvalue weighted by Crippen LogP contribution is -2.29. The molecular weight excluding hydrogens is 424 g/mol. The number of carbonyl (C=O) groups is 4. The smallest absolute Gasteiger partial charge is 0.355 e. The first-order chi connectivity index (χ1) is 14.6. The lowest BCUT2D eigenvalue weighted by molar-refractivity contribution is -0.143. The number of benzene rings is 1. The number of aryl methyl sites for hydroxylation is 1. The van der Waals surface area contributed by atoms with Crippen molar-refractivity contribution in [1.29, 1.82) is 0 Å². The Hall–Kier alpha value is -3.13. The average molecular weight is 449 g/mol. The number of ketones is 1. The number of hydrogen-bond acceptors (Lipinski definition) is 6. The van der Waals surface area contributed by atoms with Gasteiger partial charge in [-0.1, -0.05) is 23.7 Å². The highest BCUT2D eigenvalue weighted by molar-refractivity contribution is 6.30. The second-order valence-electron chi connectivity index (χ2n) is 6.94. The van der Waals surface area contributed by atoms with Crippen molar-refractivity contribution >= 4 is 35.2 Å². The van der Waals surface area contributed by atoms with Crippen LogP contribution in [-0.4, -0.2) is 41.8 Å². The highest BCUT2D eigenvalue weighted by Crippen LogP contribution is 2.22. The summed E-state index contributed by atoms with van der Waals surface area (Å²) in [5.74, 6) is -1.97. The Kier molecular flexibility index (Phi) is 8.38. The highest BCUT2D eigenvalue weighted by atomic mass is 35.5. The summed E-state index contributed by atoms with van der Waals surface area (Å²) < 4.78 is 10.1. The summed E-state index contributed by atoms with van der Waals surface area (Å²) in [5, 5.41) is 3.21. The van der Waals surface area contributed by atoms with E-state index in [0.29, 0.717) is 21.8 Å². The first-order valence-electron chi connectivity index (χ1n) is 9.71. The van der Waals surface area contributed by atoms with Crippen LogP contribution in [0.3, 0.4) is 0 Å². The fourth-order valence-corrected chi connectivity index (χ4v) is 3.34. The molecule has 31 heavy (non-hydrogen) atoms. The molecule has 1 amide bonds. The summed E-state index contributed by atoms with van der Waals surface area (Å²) >= 11 is 5.89. The molecule has 2 N–H and O–H groups in total. The van der Waals surface area contributed by atoms with Crippen molar-refractivity contribution in [2.45, 2.75) is 40.2 Å². The zero-order chi connectivity index (χ0) is 23.1. The van der Waals surface area contributed by atoms with Gasteiger partial charge >= 0.3 is 11.9 Å². The lowest BCUT2D eigenvalue weighted by Gasteiger charge is -2.17. The third-order valence-electron chi connectivity index (χ3n) is 4.58. The maximum atomic E-state index is 12.6. The van der Waals surface area contributed by atoms with Gasteiger partial charge in [-0.25, -0.2) is 4.79 Å². The zero-order valence-electron chi connectivity index (χ0n) is 17.8. The van der Waals surface area contributed by atoms with Crippen molar-refractivity contribution in [1.82, 2.24) is 10.3 Å². The van der Waals surface area contributed by atoms with Crippen molar-refractivity contribution in [3.63, 3.8) is 0 Å². The molecule has 1 heterocycles. The molecule has 0 radical (unpaired) electrons. The molecule has 2 rings (SSSR count). The first-order valence-corrected chi connectivity index (χ1v) is 10.1. The fourth-order valence-electron chi connectivity index (χ4n) is 3.21. The van der Waals surface area contributed by atoms with Crippen molar-refractivity contribution in [2.24, 2.45) is 0 Å². The number of ether oxygens (including phenoxy) is 2. The van der Waals surface area contributed by atoms with Crippen LogP contribution in [0.25, 0.3) is 0 Å². The van der Waals surface area contributed by atoms with E-state index in [1.54, 1.807) is 45.0 Å². The van der Waals surface area contributed by atoms with Gasteiger partial charge < -0.3 is 19.8 Å². The van der Waals surface area contributed by atoms with E-state index in [9.17, 15) is 19.2 Å². The molecule has 0 aliphatic rings. The van der Waals surface area contributed by atoms with Crippen LogP contribution in [0, 0.1) is 13.8 Å². The molecule has 0 bridgehead atoms. The minimum absolute atomic E-state index is 0.159. The van der Waals surface area contributed by atoms with Crippen molar-refractivity contribution < 1.29 is 28.7 Å². The topological polar surface area (TPSA) is 115 Å². The molecule has 1 aromatic heterocycles. The van der Waals surface area contributed by atoms with Crippen LogP contribution in [0.5, 0.6) is 0 Å².